The summed E-state index contributed by atoms with van der Waals surface area (Å²) in [4.78, 5) is 35.2. The first kappa shape index (κ1) is 43.7. The van der Waals surface area contributed by atoms with Gasteiger partial charge in [-0.1, -0.05) is 104 Å². The number of rotatable bonds is 29. The number of aliphatic hydroxyl groups is 2. The van der Waals surface area contributed by atoms with Gasteiger partial charge in [0.15, 0.2) is 6.23 Å². The van der Waals surface area contributed by atoms with E-state index in [1.54, 1.807) is 4.98 Å². The van der Waals surface area contributed by atoms with Gasteiger partial charge in [0.25, 0.3) is 5.56 Å². The zero-order chi connectivity index (χ0) is 36.1. The standard InChI is InChI=1S/C34H62FN2O11P/c1-4-6-8-10-11-12-13-14-16-18-21-45-28(20-17-15-9-7-5-2)26(3)44-22-19-23-46-49(42,43)47-25-29-30(38)31(39)33(48-29)37-24-27(35)32(40)36-34(37)41/h24,26,28-31,33,38-39H,4-23,25H2,1-3H3,(H,42,43)(H,36,40,41)/t26?,28?,29-,30-,31-,33-/m1/s1. The number of phosphoric acid groups is 1. The molecule has 49 heavy (non-hydrogen) atoms. The van der Waals surface area contributed by atoms with Crippen LogP contribution in [0.4, 0.5) is 4.39 Å². The van der Waals surface area contributed by atoms with Crippen molar-refractivity contribution < 1.29 is 47.3 Å². The van der Waals surface area contributed by atoms with E-state index in [1.165, 1.54) is 70.6 Å². The molecule has 0 spiro atoms. The average Bonchev–Trinajstić information content (AvgIpc) is 3.35. The van der Waals surface area contributed by atoms with Crippen molar-refractivity contribution in [1.82, 2.24) is 9.55 Å². The maximum absolute atomic E-state index is 13.7. The average molecular weight is 725 g/mol. The zero-order valence-electron chi connectivity index (χ0n) is 29.8. The molecule has 3 unspecified atom stereocenters. The third kappa shape index (κ3) is 17.1. The smallest absolute Gasteiger partial charge is 0.387 e. The maximum Gasteiger partial charge on any atom is 0.472 e. The first-order valence-corrected chi connectivity index (χ1v) is 19.9. The van der Waals surface area contributed by atoms with Crippen LogP contribution in [0, 0.1) is 5.82 Å². The van der Waals surface area contributed by atoms with E-state index in [0.29, 0.717) is 23.8 Å². The van der Waals surface area contributed by atoms with Crippen molar-refractivity contribution in [3.8, 4) is 0 Å². The van der Waals surface area contributed by atoms with Gasteiger partial charge in [-0.3, -0.25) is 23.4 Å². The van der Waals surface area contributed by atoms with Gasteiger partial charge >= 0.3 is 13.5 Å². The van der Waals surface area contributed by atoms with E-state index in [1.807, 2.05) is 6.92 Å². The van der Waals surface area contributed by atoms with E-state index in [2.05, 4.69) is 13.8 Å². The minimum Gasteiger partial charge on any atom is -0.387 e. The lowest BCUT2D eigenvalue weighted by molar-refractivity contribution is -0.0722. The number of nitrogens with one attached hydrogen (secondary N) is 1. The third-order valence-corrected chi connectivity index (χ3v) is 9.79. The van der Waals surface area contributed by atoms with Crippen LogP contribution in [0.3, 0.4) is 0 Å². The highest BCUT2D eigenvalue weighted by Gasteiger charge is 2.45. The fraction of sp³-hybridized carbons (Fsp3) is 0.882. The monoisotopic (exact) mass is 724 g/mol. The van der Waals surface area contributed by atoms with Crippen LogP contribution in [0.2, 0.25) is 0 Å². The molecule has 286 valence electrons. The number of hydrogen-bond acceptors (Lipinski definition) is 10. The lowest BCUT2D eigenvalue weighted by Gasteiger charge is -2.25. The molecule has 0 aliphatic carbocycles. The van der Waals surface area contributed by atoms with E-state index in [0.717, 1.165) is 32.1 Å². The first-order valence-electron chi connectivity index (χ1n) is 18.4. The topological polar surface area (TPSA) is 179 Å². The molecule has 2 heterocycles. The van der Waals surface area contributed by atoms with Gasteiger partial charge in [-0.2, -0.15) is 4.39 Å². The summed E-state index contributed by atoms with van der Waals surface area (Å²) in [6.45, 7) is 6.58. The lowest BCUT2D eigenvalue weighted by Crippen LogP contribution is -2.38. The number of ether oxygens (including phenoxy) is 3. The van der Waals surface area contributed by atoms with Crippen molar-refractivity contribution in [2.75, 3.05) is 26.4 Å². The second-order valence-corrected chi connectivity index (χ2v) is 14.5. The highest BCUT2D eigenvalue weighted by molar-refractivity contribution is 7.47. The summed E-state index contributed by atoms with van der Waals surface area (Å²) in [6.07, 6.45) is 13.8. The zero-order valence-corrected chi connectivity index (χ0v) is 30.7. The minimum atomic E-state index is -4.58. The Labute approximate surface area is 290 Å². The van der Waals surface area contributed by atoms with Gasteiger partial charge in [-0.05, 0) is 26.2 Å². The number of H-pyrrole nitrogens is 1. The molecule has 4 N–H and O–H groups in total. The SMILES string of the molecule is CCCCCCCCCCCCOC(CCCCCCC)C(C)OCCCOP(=O)(O)OC[C@H]1O[C@@H](n2cc(F)c(=O)[nH]c2=O)[C@H](O)[C@@H]1O. The number of unbranched alkanes of at least 4 members (excludes halogenated alkanes) is 13. The van der Waals surface area contributed by atoms with Gasteiger partial charge in [-0.25, -0.2) is 9.36 Å². The van der Waals surface area contributed by atoms with Crippen molar-refractivity contribution in [1.29, 1.82) is 0 Å². The molecule has 1 aromatic rings. The van der Waals surface area contributed by atoms with Gasteiger partial charge in [0.2, 0.25) is 5.82 Å². The molecule has 0 saturated carbocycles. The van der Waals surface area contributed by atoms with Crippen molar-refractivity contribution in [2.45, 2.75) is 167 Å². The molecule has 0 aromatic carbocycles. The number of halogens is 1. The summed E-state index contributed by atoms with van der Waals surface area (Å²) in [5.41, 5.74) is -2.33. The van der Waals surface area contributed by atoms with Crippen LogP contribution in [0.15, 0.2) is 15.8 Å². The van der Waals surface area contributed by atoms with Crippen molar-refractivity contribution in [3.63, 3.8) is 0 Å². The molecule has 1 aromatic heterocycles. The molecule has 1 fully saturated rings. The van der Waals surface area contributed by atoms with Crippen LogP contribution >= 0.6 is 7.82 Å². The number of aromatic nitrogens is 2. The Morgan fingerprint density at radius 1 is 0.837 bits per heavy atom. The molecule has 1 aliphatic heterocycles. The van der Waals surface area contributed by atoms with E-state index in [-0.39, 0.29) is 25.4 Å². The Morgan fingerprint density at radius 2 is 1.41 bits per heavy atom. The minimum absolute atomic E-state index is 0.0334. The summed E-state index contributed by atoms with van der Waals surface area (Å²) in [6, 6.07) is 0. The van der Waals surface area contributed by atoms with Gasteiger partial charge < -0.3 is 29.3 Å². The number of aliphatic hydroxyl groups excluding tert-OH is 2. The molecule has 13 nitrogen and oxygen atoms in total. The maximum atomic E-state index is 13.7. The summed E-state index contributed by atoms with van der Waals surface area (Å²) < 4.78 is 54.4. The number of phosphoric ester groups is 1. The fourth-order valence-corrected chi connectivity index (χ4v) is 6.56. The summed E-state index contributed by atoms with van der Waals surface area (Å²) in [7, 11) is -4.58. The molecule has 0 amide bonds. The van der Waals surface area contributed by atoms with Crippen LogP contribution in [-0.4, -0.2) is 81.6 Å². The molecule has 1 aliphatic rings. The molecule has 7 atom stereocenters. The second kappa shape index (κ2) is 24.7. The summed E-state index contributed by atoms with van der Waals surface area (Å²) in [5.74, 6) is -1.30. The van der Waals surface area contributed by atoms with Gasteiger partial charge in [0, 0.05) is 13.2 Å². The Bertz CT molecular complexity index is 1190. The summed E-state index contributed by atoms with van der Waals surface area (Å²) >= 11 is 0. The fourth-order valence-electron chi connectivity index (χ4n) is 5.79. The van der Waals surface area contributed by atoms with Crippen LogP contribution in [0.25, 0.3) is 0 Å². The Balaban J connectivity index is 1.70. The number of hydrogen-bond donors (Lipinski definition) is 4. The number of aromatic amines is 1. The Hall–Kier alpha value is -1.48. The molecular formula is C34H62FN2O11P. The highest BCUT2D eigenvalue weighted by atomic mass is 31.2. The van der Waals surface area contributed by atoms with Crippen LogP contribution < -0.4 is 11.2 Å². The highest BCUT2D eigenvalue weighted by Crippen LogP contribution is 2.44. The molecule has 15 heteroatoms. The quantitative estimate of drug-likeness (QED) is 0.0572. The molecule has 0 bridgehead atoms. The molecule has 2 rings (SSSR count). The number of nitrogens with zero attached hydrogens (tertiary/aromatic N) is 1. The largest absolute Gasteiger partial charge is 0.472 e. The van der Waals surface area contributed by atoms with Crippen molar-refractivity contribution >= 4 is 7.82 Å². The van der Waals surface area contributed by atoms with Gasteiger partial charge in [0.1, 0.15) is 18.3 Å². The van der Waals surface area contributed by atoms with E-state index in [9.17, 15) is 33.7 Å². The van der Waals surface area contributed by atoms with Crippen molar-refractivity contribution in [3.05, 3.63) is 32.9 Å². The van der Waals surface area contributed by atoms with E-state index in [4.69, 9.17) is 23.3 Å². The normalized spacial score (nSPS) is 21.9. The van der Waals surface area contributed by atoms with E-state index >= 15 is 0 Å². The van der Waals surface area contributed by atoms with Crippen LogP contribution in [-0.2, 0) is 27.8 Å². The van der Waals surface area contributed by atoms with Crippen LogP contribution in [0.5, 0.6) is 0 Å². The third-order valence-electron chi connectivity index (χ3n) is 8.81. The van der Waals surface area contributed by atoms with Crippen LogP contribution in [0.1, 0.15) is 136 Å². The lowest BCUT2D eigenvalue weighted by atomic mass is 10.0. The Morgan fingerprint density at radius 3 is 2.04 bits per heavy atom. The second-order valence-electron chi connectivity index (χ2n) is 13.0. The predicted octanol–water partition coefficient (Wildman–Crippen LogP) is 5.89. The predicted molar refractivity (Wildman–Crippen MR) is 184 cm³/mol. The van der Waals surface area contributed by atoms with E-state index < -0.39 is 56.0 Å². The summed E-state index contributed by atoms with van der Waals surface area (Å²) in [5, 5.41) is 20.6. The van der Waals surface area contributed by atoms with Gasteiger partial charge in [0.05, 0.1) is 31.6 Å². The molecular weight excluding hydrogens is 662 g/mol. The molecule has 1 saturated heterocycles. The first-order chi connectivity index (χ1) is 23.5. The van der Waals surface area contributed by atoms with Gasteiger partial charge in [-0.15, -0.1) is 0 Å². The Kier molecular flexibility index (Phi) is 22.0. The molecule has 0 radical (unpaired) electrons. The van der Waals surface area contributed by atoms with Crippen molar-refractivity contribution in [2.24, 2.45) is 0 Å².